The number of benzene rings is 3. The molecule has 2 aromatic heterocycles. The lowest BCUT2D eigenvalue weighted by molar-refractivity contribution is -0.136. The van der Waals surface area contributed by atoms with Gasteiger partial charge >= 0.3 is 0 Å². The number of amides is 3. The van der Waals surface area contributed by atoms with Gasteiger partial charge in [-0.15, -0.1) is 11.3 Å². The highest BCUT2D eigenvalue weighted by Crippen LogP contribution is 2.47. The van der Waals surface area contributed by atoms with Crippen molar-refractivity contribution in [2.75, 3.05) is 55.6 Å². The van der Waals surface area contributed by atoms with Gasteiger partial charge in [0.25, 0.3) is 5.91 Å². The summed E-state index contributed by atoms with van der Waals surface area (Å²) < 4.78 is 8.57. The van der Waals surface area contributed by atoms with Crippen LogP contribution >= 0.6 is 27.3 Å². The Labute approximate surface area is 331 Å². The minimum Gasteiger partial charge on any atom is -0.508 e. The van der Waals surface area contributed by atoms with Crippen LogP contribution in [0.4, 0.5) is 11.5 Å². The summed E-state index contributed by atoms with van der Waals surface area (Å²) in [4.78, 5) is 51.9. The molecule has 0 aliphatic carbocycles. The Hall–Kier alpha value is -4.98. The van der Waals surface area contributed by atoms with Gasteiger partial charge in [-0.25, -0.2) is 4.98 Å². The lowest BCUT2D eigenvalue weighted by atomic mass is 9.95. The molecule has 2 N–H and O–H groups in total. The molecule has 3 saturated heterocycles. The number of imide groups is 1. The minimum absolute atomic E-state index is 0.192. The van der Waals surface area contributed by atoms with Crippen LogP contribution in [0.2, 0.25) is 0 Å². The molecule has 13 heteroatoms. The van der Waals surface area contributed by atoms with Crippen LogP contribution in [0.3, 0.4) is 0 Å². The Morgan fingerprint density at radius 2 is 1.62 bits per heavy atom. The summed E-state index contributed by atoms with van der Waals surface area (Å²) in [6.45, 7) is 7.09. The Balaban J connectivity index is 0.769. The van der Waals surface area contributed by atoms with Gasteiger partial charge in [-0.3, -0.25) is 24.6 Å². The van der Waals surface area contributed by atoms with E-state index in [-0.39, 0.29) is 24.0 Å². The van der Waals surface area contributed by atoms with Crippen LogP contribution in [0.15, 0.2) is 83.3 Å². The molecular formula is C42H41BrN6O5S. The van der Waals surface area contributed by atoms with Gasteiger partial charge in [0, 0.05) is 72.5 Å². The number of fused-ring (bicyclic) bond motifs is 2. The third-order valence-corrected chi connectivity index (χ3v) is 13.1. The summed E-state index contributed by atoms with van der Waals surface area (Å²) in [5.74, 6) is 2.46. The molecule has 1 unspecified atom stereocenters. The Bertz CT molecular complexity index is 2260. The second-order valence-corrected chi connectivity index (χ2v) is 16.8. The van der Waals surface area contributed by atoms with Crippen molar-refractivity contribution in [3.8, 4) is 27.7 Å². The predicted molar refractivity (Wildman–Crippen MR) is 217 cm³/mol. The molecule has 3 fully saturated rings. The molecule has 0 bridgehead atoms. The third kappa shape index (κ3) is 7.28. The zero-order chi connectivity index (χ0) is 37.6. The van der Waals surface area contributed by atoms with E-state index in [4.69, 9.17) is 9.72 Å². The second kappa shape index (κ2) is 14.9. The molecule has 282 valence electrons. The first-order valence-electron chi connectivity index (χ1n) is 18.9. The third-order valence-electron chi connectivity index (χ3n) is 11.3. The summed E-state index contributed by atoms with van der Waals surface area (Å²) in [6.07, 6.45) is 2.87. The maximum absolute atomic E-state index is 13.1. The largest absolute Gasteiger partial charge is 0.508 e. The summed E-state index contributed by atoms with van der Waals surface area (Å²) in [7, 11) is 0. The van der Waals surface area contributed by atoms with Crippen LogP contribution in [0.25, 0.3) is 20.5 Å². The molecule has 0 saturated carbocycles. The summed E-state index contributed by atoms with van der Waals surface area (Å²) in [5, 5.41) is 13.5. The number of phenols is 1. The highest BCUT2D eigenvalue weighted by Gasteiger charge is 2.40. The van der Waals surface area contributed by atoms with E-state index in [1.165, 1.54) is 5.69 Å². The Kier molecular flexibility index (Phi) is 9.69. The van der Waals surface area contributed by atoms with E-state index in [9.17, 15) is 19.5 Å². The second-order valence-electron chi connectivity index (χ2n) is 14.8. The number of aromatic nitrogens is 1. The summed E-state index contributed by atoms with van der Waals surface area (Å²) >= 11 is 5.15. The molecule has 0 spiro atoms. The van der Waals surface area contributed by atoms with Crippen molar-refractivity contribution < 1.29 is 24.2 Å². The number of hydrogen-bond donors (Lipinski definition) is 2. The van der Waals surface area contributed by atoms with Crippen LogP contribution in [-0.4, -0.2) is 89.5 Å². The Morgan fingerprint density at radius 3 is 2.36 bits per heavy atom. The smallest absolute Gasteiger partial charge is 0.256 e. The number of nitrogens with zero attached hydrogens (tertiary/aromatic N) is 5. The monoisotopic (exact) mass is 820 g/mol. The van der Waals surface area contributed by atoms with Crippen LogP contribution in [0, 0.1) is 5.92 Å². The minimum atomic E-state index is -0.632. The number of aromatic hydroxyl groups is 1. The number of thiophene rings is 1. The number of anilines is 2. The average Bonchev–Trinajstić information content (AvgIpc) is 3.71. The van der Waals surface area contributed by atoms with Crippen molar-refractivity contribution in [3.05, 3.63) is 94.6 Å². The van der Waals surface area contributed by atoms with Gasteiger partial charge in [-0.1, -0.05) is 28.1 Å². The van der Waals surface area contributed by atoms with Gasteiger partial charge in [0.05, 0.1) is 22.7 Å². The van der Waals surface area contributed by atoms with E-state index < -0.39 is 11.9 Å². The standard InChI is InChI=1S/C42H41BrN6O5S/c43-28-3-1-27(2-4-28)40-39(33-10-7-30(50)23-36(33)55-40)54-31-8-5-29(6-9-31)47-17-15-26(16-18-47)24-46-19-21-48(22-20-46)37-13-11-32-34(44-37)25-49(42(32)53)35-12-14-38(51)45-41(35)52/h1-11,13,23,26,35,50H,12,14-22,24-25H2,(H,45,51,52). The van der Waals surface area contributed by atoms with Crippen LogP contribution in [0.5, 0.6) is 17.2 Å². The molecule has 5 aromatic rings. The van der Waals surface area contributed by atoms with Gasteiger partial charge in [-0.05, 0) is 97.5 Å². The van der Waals surface area contributed by atoms with Crippen molar-refractivity contribution in [2.24, 2.45) is 5.92 Å². The summed E-state index contributed by atoms with van der Waals surface area (Å²) in [5.41, 5.74) is 3.52. The molecule has 4 aliphatic heterocycles. The van der Waals surface area contributed by atoms with Crippen molar-refractivity contribution in [1.29, 1.82) is 0 Å². The number of halogens is 1. The average molecular weight is 822 g/mol. The highest BCUT2D eigenvalue weighted by atomic mass is 79.9. The molecule has 6 heterocycles. The zero-order valence-electron chi connectivity index (χ0n) is 30.2. The number of pyridine rings is 1. The van der Waals surface area contributed by atoms with Crippen LogP contribution < -0.4 is 19.9 Å². The fraction of sp³-hybridized carbons (Fsp3) is 0.333. The van der Waals surface area contributed by atoms with Crippen molar-refractivity contribution in [3.63, 3.8) is 0 Å². The van der Waals surface area contributed by atoms with Gasteiger partial charge in [-0.2, -0.15) is 0 Å². The molecule has 3 aromatic carbocycles. The van der Waals surface area contributed by atoms with Crippen molar-refractivity contribution in [2.45, 2.75) is 38.3 Å². The SMILES string of the molecule is O=C1CCC(N2Cc3nc(N4CCN(CC5CCN(c6ccc(Oc7c(-c8ccc(Br)cc8)sc8cc(O)ccc78)cc6)CC5)CC4)ccc3C2=O)C(=O)N1. The van der Waals surface area contributed by atoms with Gasteiger partial charge < -0.3 is 24.5 Å². The zero-order valence-corrected chi connectivity index (χ0v) is 32.7. The first-order chi connectivity index (χ1) is 26.8. The number of piperazine rings is 1. The number of piperidine rings is 2. The molecular weight excluding hydrogens is 780 g/mol. The highest BCUT2D eigenvalue weighted by molar-refractivity contribution is 9.10. The number of rotatable bonds is 8. The van der Waals surface area contributed by atoms with Gasteiger partial charge in [0.15, 0.2) is 5.75 Å². The topological polar surface area (TPSA) is 119 Å². The van der Waals surface area contributed by atoms with E-state index in [1.807, 2.05) is 30.3 Å². The predicted octanol–water partition coefficient (Wildman–Crippen LogP) is 7.02. The number of phenolic OH excluding ortho intramolecular Hbond substituents is 1. The molecule has 4 aliphatic rings. The van der Waals surface area contributed by atoms with Gasteiger partial charge in [0.2, 0.25) is 11.8 Å². The van der Waals surface area contributed by atoms with E-state index >= 15 is 0 Å². The quantitative estimate of drug-likeness (QED) is 0.159. The van der Waals surface area contributed by atoms with E-state index in [1.54, 1.807) is 28.4 Å². The maximum atomic E-state index is 13.1. The van der Waals surface area contributed by atoms with E-state index in [0.29, 0.717) is 30.1 Å². The Morgan fingerprint density at radius 1 is 0.855 bits per heavy atom. The fourth-order valence-electron chi connectivity index (χ4n) is 8.30. The fourth-order valence-corrected chi connectivity index (χ4v) is 9.73. The molecule has 3 amide bonds. The van der Waals surface area contributed by atoms with Crippen molar-refractivity contribution in [1.82, 2.24) is 20.1 Å². The summed E-state index contributed by atoms with van der Waals surface area (Å²) in [6, 6.07) is 25.2. The lowest BCUT2D eigenvalue weighted by Gasteiger charge is -2.39. The first kappa shape index (κ1) is 35.7. The number of carbonyl (C=O) groups is 3. The van der Waals surface area contributed by atoms with Crippen molar-refractivity contribution >= 4 is 66.6 Å². The number of nitrogens with one attached hydrogen (secondary N) is 1. The van der Waals surface area contributed by atoms with Crippen LogP contribution in [-0.2, 0) is 16.1 Å². The molecule has 55 heavy (non-hydrogen) atoms. The number of carbonyl (C=O) groups excluding carboxylic acids is 3. The van der Waals surface area contributed by atoms with E-state index in [0.717, 1.165) is 101 Å². The normalized spacial score (nSPS) is 19.6. The molecule has 9 rings (SSSR count). The molecule has 1 atom stereocenters. The number of hydrogen-bond acceptors (Lipinski definition) is 10. The van der Waals surface area contributed by atoms with Crippen LogP contribution in [0.1, 0.15) is 41.7 Å². The molecule has 0 radical (unpaired) electrons. The van der Waals surface area contributed by atoms with E-state index in [2.05, 4.69) is 72.3 Å². The first-order valence-corrected chi connectivity index (χ1v) is 20.5. The maximum Gasteiger partial charge on any atom is 0.256 e. The van der Waals surface area contributed by atoms with Gasteiger partial charge in [0.1, 0.15) is 23.4 Å². The lowest BCUT2D eigenvalue weighted by Crippen LogP contribution is -2.52. The molecule has 11 nitrogen and oxygen atoms in total. The number of ether oxygens (including phenoxy) is 1.